The molecule has 0 fully saturated rings. The van der Waals surface area contributed by atoms with E-state index in [0.29, 0.717) is 0 Å². The number of nitrogens with zero attached hydrogens (tertiary/aromatic N) is 2. The fraction of sp³-hybridized carbons (Fsp3) is 0.0500. The molecule has 0 atom stereocenters. The molecule has 0 radical (unpaired) electrons. The molecule has 0 spiro atoms. The molecule has 0 saturated heterocycles. The largest absolute Gasteiger partial charge is 0.281 e. The number of aryl methyl sites for hydroxylation is 1. The van der Waals surface area contributed by atoms with E-state index in [-0.39, 0.29) is 0 Å². The lowest BCUT2D eigenvalue weighted by molar-refractivity contribution is 1.40. The van der Waals surface area contributed by atoms with Crippen LogP contribution in [0.5, 0.6) is 0 Å². The summed E-state index contributed by atoms with van der Waals surface area (Å²) in [5, 5.41) is 11.8. The first-order valence-electron chi connectivity index (χ1n) is 7.56. The summed E-state index contributed by atoms with van der Waals surface area (Å²) in [5.41, 5.74) is 4.33. The maximum atomic E-state index is 9.40. The summed E-state index contributed by atoms with van der Waals surface area (Å²) in [6.45, 7) is 2.12. The van der Waals surface area contributed by atoms with Crippen LogP contribution in [0.1, 0.15) is 11.1 Å². The fourth-order valence-corrected chi connectivity index (χ4v) is 5.34. The first-order valence-corrected chi connectivity index (χ1v) is 9.34. The Kier molecular flexibility index (Phi) is 3.91. The van der Waals surface area contributed by atoms with Crippen molar-refractivity contribution in [3.63, 3.8) is 0 Å². The van der Waals surface area contributed by atoms with Gasteiger partial charge in [-0.05, 0) is 30.7 Å². The fourth-order valence-electron chi connectivity index (χ4n) is 2.96. The molecular weight excluding hydrogens is 427 g/mol. The normalized spacial score (nSPS) is 10.9. The summed E-state index contributed by atoms with van der Waals surface area (Å²) in [4.78, 5) is 0. The number of nitriles is 1. The SMILES string of the molecule is Cc1ccccc1N(I)c1cccc2c1sc1c(C#N)cccc12. The van der Waals surface area contributed by atoms with E-state index < -0.39 is 0 Å². The van der Waals surface area contributed by atoms with Crippen molar-refractivity contribution in [1.29, 1.82) is 5.26 Å². The van der Waals surface area contributed by atoms with Gasteiger partial charge in [-0.15, -0.1) is 11.3 Å². The van der Waals surface area contributed by atoms with Crippen LogP contribution in [0.2, 0.25) is 0 Å². The Morgan fingerprint density at radius 1 is 0.875 bits per heavy atom. The Morgan fingerprint density at radius 2 is 1.54 bits per heavy atom. The number of benzene rings is 3. The Morgan fingerprint density at radius 3 is 2.29 bits per heavy atom. The Balaban J connectivity index is 2.00. The lowest BCUT2D eigenvalue weighted by Crippen LogP contribution is -2.02. The van der Waals surface area contributed by atoms with Crippen LogP contribution in [0.15, 0.2) is 60.7 Å². The molecule has 0 N–H and O–H groups in total. The molecule has 4 heteroatoms. The van der Waals surface area contributed by atoms with Gasteiger partial charge < -0.3 is 0 Å². The van der Waals surface area contributed by atoms with Gasteiger partial charge in [0.15, 0.2) is 0 Å². The van der Waals surface area contributed by atoms with Crippen LogP contribution in [0.3, 0.4) is 0 Å². The van der Waals surface area contributed by atoms with Crippen molar-refractivity contribution in [3.8, 4) is 6.07 Å². The number of thiophene rings is 1. The molecule has 4 rings (SSSR count). The van der Waals surface area contributed by atoms with Gasteiger partial charge in [0.25, 0.3) is 0 Å². The van der Waals surface area contributed by atoms with E-state index in [1.54, 1.807) is 11.3 Å². The molecule has 116 valence electrons. The minimum atomic E-state index is 0.746. The number of anilines is 2. The molecule has 0 saturated carbocycles. The molecule has 4 aromatic rings. The van der Waals surface area contributed by atoms with E-state index in [2.05, 4.69) is 87.5 Å². The monoisotopic (exact) mass is 440 g/mol. The molecule has 0 amide bonds. The first kappa shape index (κ1) is 15.4. The highest BCUT2D eigenvalue weighted by atomic mass is 127. The minimum absolute atomic E-state index is 0.746. The van der Waals surface area contributed by atoms with Crippen LogP contribution in [-0.4, -0.2) is 0 Å². The van der Waals surface area contributed by atoms with Gasteiger partial charge in [-0.2, -0.15) is 5.26 Å². The second-order valence-electron chi connectivity index (χ2n) is 5.62. The summed E-state index contributed by atoms with van der Waals surface area (Å²) >= 11 is 4.06. The van der Waals surface area contributed by atoms with Gasteiger partial charge in [0.2, 0.25) is 0 Å². The second-order valence-corrected chi connectivity index (χ2v) is 7.60. The zero-order valence-electron chi connectivity index (χ0n) is 13.0. The third-order valence-electron chi connectivity index (χ3n) is 4.16. The van der Waals surface area contributed by atoms with E-state index in [0.717, 1.165) is 21.3 Å². The van der Waals surface area contributed by atoms with Gasteiger partial charge in [0, 0.05) is 10.8 Å². The van der Waals surface area contributed by atoms with E-state index in [1.807, 2.05) is 12.1 Å². The van der Waals surface area contributed by atoms with Crippen LogP contribution in [0.4, 0.5) is 11.4 Å². The summed E-state index contributed by atoms with van der Waals surface area (Å²) < 4.78 is 4.49. The predicted octanol–water partition coefficient (Wildman–Crippen LogP) is 6.72. The smallest absolute Gasteiger partial charge is 0.101 e. The van der Waals surface area contributed by atoms with Crippen LogP contribution in [0.25, 0.3) is 20.2 Å². The first-order chi connectivity index (χ1) is 11.7. The number of hydrogen-bond acceptors (Lipinski definition) is 3. The Labute approximate surface area is 158 Å². The number of halogens is 1. The maximum absolute atomic E-state index is 9.40. The minimum Gasteiger partial charge on any atom is -0.281 e. The zero-order chi connectivity index (χ0) is 16.7. The molecule has 0 aliphatic rings. The van der Waals surface area contributed by atoms with Crippen molar-refractivity contribution in [2.45, 2.75) is 6.92 Å². The molecule has 0 unspecified atom stereocenters. The molecule has 24 heavy (non-hydrogen) atoms. The van der Waals surface area contributed by atoms with Gasteiger partial charge in [0.1, 0.15) is 6.07 Å². The number of fused-ring (bicyclic) bond motifs is 3. The predicted molar refractivity (Wildman–Crippen MR) is 111 cm³/mol. The summed E-state index contributed by atoms with van der Waals surface area (Å²) in [5.74, 6) is 0. The van der Waals surface area contributed by atoms with Crippen molar-refractivity contribution in [2.24, 2.45) is 0 Å². The zero-order valence-corrected chi connectivity index (χ0v) is 15.9. The number of hydrogen-bond donors (Lipinski definition) is 0. The quantitative estimate of drug-likeness (QED) is 0.256. The second kappa shape index (κ2) is 6.08. The molecule has 2 nitrogen and oxygen atoms in total. The van der Waals surface area contributed by atoms with Crippen molar-refractivity contribution in [1.82, 2.24) is 0 Å². The van der Waals surface area contributed by atoms with Crippen LogP contribution in [0, 0.1) is 18.3 Å². The third kappa shape index (κ3) is 2.36. The number of rotatable bonds is 2. The van der Waals surface area contributed by atoms with E-state index in [9.17, 15) is 5.26 Å². The lowest BCUT2D eigenvalue weighted by Gasteiger charge is -2.19. The van der Waals surface area contributed by atoms with Gasteiger partial charge in [0.05, 0.1) is 49.2 Å². The van der Waals surface area contributed by atoms with Crippen molar-refractivity contribution >= 4 is 65.7 Å². The van der Waals surface area contributed by atoms with Crippen molar-refractivity contribution < 1.29 is 0 Å². The maximum Gasteiger partial charge on any atom is 0.101 e. The third-order valence-corrected chi connectivity index (χ3v) is 6.48. The highest BCUT2D eigenvalue weighted by Crippen LogP contribution is 2.44. The summed E-state index contributed by atoms with van der Waals surface area (Å²) in [6, 6.07) is 23.0. The van der Waals surface area contributed by atoms with Gasteiger partial charge in [-0.1, -0.05) is 42.5 Å². The van der Waals surface area contributed by atoms with Gasteiger partial charge in [-0.25, -0.2) is 0 Å². The van der Waals surface area contributed by atoms with E-state index >= 15 is 0 Å². The van der Waals surface area contributed by atoms with Crippen LogP contribution >= 0.6 is 34.2 Å². The van der Waals surface area contributed by atoms with Crippen molar-refractivity contribution in [3.05, 3.63) is 71.8 Å². The number of para-hydroxylation sites is 1. The molecule has 1 heterocycles. The lowest BCUT2D eigenvalue weighted by atomic mass is 10.1. The molecular formula is C20H13IN2S. The van der Waals surface area contributed by atoms with Gasteiger partial charge >= 0.3 is 0 Å². The van der Waals surface area contributed by atoms with Crippen LogP contribution in [-0.2, 0) is 0 Å². The van der Waals surface area contributed by atoms with E-state index in [4.69, 9.17) is 0 Å². The van der Waals surface area contributed by atoms with Gasteiger partial charge in [-0.3, -0.25) is 3.11 Å². The molecule has 0 aliphatic carbocycles. The summed E-state index contributed by atoms with van der Waals surface area (Å²) in [6.07, 6.45) is 0. The molecule has 1 aromatic heterocycles. The standard InChI is InChI=1S/C20H13IN2S/c1-13-6-2-3-10-17(13)23(21)18-11-5-9-16-15-8-4-7-14(12-22)19(15)24-20(16)18/h2-11H,1H3. The highest BCUT2D eigenvalue weighted by Gasteiger charge is 2.16. The molecule has 0 bridgehead atoms. The average Bonchev–Trinajstić information content (AvgIpc) is 3.00. The molecule has 3 aromatic carbocycles. The average molecular weight is 440 g/mol. The summed E-state index contributed by atoms with van der Waals surface area (Å²) in [7, 11) is 0. The topological polar surface area (TPSA) is 27.0 Å². The highest BCUT2D eigenvalue weighted by molar-refractivity contribution is 14.1. The Bertz CT molecular complexity index is 1110. The van der Waals surface area contributed by atoms with Crippen LogP contribution < -0.4 is 3.11 Å². The van der Waals surface area contributed by atoms with E-state index in [1.165, 1.54) is 21.3 Å². The molecule has 0 aliphatic heterocycles. The Hall–Kier alpha value is -2.10. The van der Waals surface area contributed by atoms with Crippen molar-refractivity contribution in [2.75, 3.05) is 3.11 Å².